The molecule has 0 saturated heterocycles. The number of thioether (sulfide) groups is 1. The molecular formula is C14H16ClFO2S. The van der Waals surface area contributed by atoms with Crippen LogP contribution in [0.15, 0.2) is 18.2 Å². The number of ether oxygens (including phenoxy) is 1. The fourth-order valence-electron chi connectivity index (χ4n) is 1.96. The van der Waals surface area contributed by atoms with Crippen LogP contribution in [0.1, 0.15) is 24.8 Å². The highest BCUT2D eigenvalue weighted by Crippen LogP contribution is 2.51. The molecule has 1 aliphatic carbocycles. The van der Waals surface area contributed by atoms with E-state index in [-0.39, 0.29) is 22.2 Å². The van der Waals surface area contributed by atoms with Crippen LogP contribution in [0.25, 0.3) is 0 Å². The van der Waals surface area contributed by atoms with Crippen LogP contribution in [0, 0.1) is 11.2 Å². The summed E-state index contributed by atoms with van der Waals surface area (Å²) in [5, 5.41) is 0.161. The summed E-state index contributed by atoms with van der Waals surface area (Å²) in [6.07, 6.45) is 2.56. The maximum Gasteiger partial charge on any atom is 0.306 e. The molecule has 0 bridgehead atoms. The van der Waals surface area contributed by atoms with Crippen LogP contribution < -0.4 is 0 Å². The average molecular weight is 303 g/mol. The third kappa shape index (κ3) is 3.86. The van der Waals surface area contributed by atoms with Gasteiger partial charge in [0.25, 0.3) is 0 Å². The predicted octanol–water partition coefficient (Wildman–Crippen LogP) is 4.06. The summed E-state index contributed by atoms with van der Waals surface area (Å²) in [4.78, 5) is 11.3. The quantitative estimate of drug-likeness (QED) is 0.741. The first-order valence-corrected chi connectivity index (χ1v) is 7.67. The van der Waals surface area contributed by atoms with Crippen molar-refractivity contribution in [1.82, 2.24) is 0 Å². The Morgan fingerprint density at radius 3 is 2.89 bits per heavy atom. The van der Waals surface area contributed by atoms with E-state index in [1.807, 2.05) is 0 Å². The van der Waals surface area contributed by atoms with Crippen molar-refractivity contribution in [3.8, 4) is 0 Å². The maximum atomic E-state index is 13.7. The second-order valence-electron chi connectivity index (χ2n) is 4.96. The van der Waals surface area contributed by atoms with Gasteiger partial charge in [0.05, 0.1) is 18.6 Å². The number of rotatable bonds is 6. The van der Waals surface area contributed by atoms with E-state index in [1.165, 1.54) is 7.11 Å². The first kappa shape index (κ1) is 14.7. The van der Waals surface area contributed by atoms with Crippen LogP contribution in [0.4, 0.5) is 4.39 Å². The number of carbonyl (C=O) groups is 1. The van der Waals surface area contributed by atoms with Crippen LogP contribution in [0.2, 0.25) is 5.02 Å². The van der Waals surface area contributed by atoms with E-state index < -0.39 is 0 Å². The van der Waals surface area contributed by atoms with Crippen molar-refractivity contribution < 1.29 is 13.9 Å². The third-order valence-electron chi connectivity index (χ3n) is 3.40. The molecule has 0 radical (unpaired) electrons. The van der Waals surface area contributed by atoms with Crippen LogP contribution >= 0.6 is 23.4 Å². The second kappa shape index (κ2) is 6.14. The van der Waals surface area contributed by atoms with E-state index in [1.54, 1.807) is 30.0 Å². The zero-order valence-corrected chi connectivity index (χ0v) is 12.3. The van der Waals surface area contributed by atoms with Gasteiger partial charge in [0, 0.05) is 5.75 Å². The molecule has 0 aliphatic heterocycles. The molecule has 1 aromatic carbocycles. The van der Waals surface area contributed by atoms with Crippen LogP contribution in [-0.4, -0.2) is 18.8 Å². The van der Waals surface area contributed by atoms with E-state index in [2.05, 4.69) is 0 Å². The topological polar surface area (TPSA) is 26.3 Å². The standard InChI is InChI=1S/C14H16ClFO2S/c1-18-12(17)7-14(5-6-14)9-19-8-10-3-2-4-11(15)13(10)16/h2-4H,5-9H2,1H3. The smallest absolute Gasteiger partial charge is 0.306 e. The molecule has 0 spiro atoms. The Morgan fingerprint density at radius 2 is 2.26 bits per heavy atom. The molecule has 1 saturated carbocycles. The molecule has 0 N–H and O–H groups in total. The number of esters is 1. The second-order valence-corrected chi connectivity index (χ2v) is 6.35. The summed E-state index contributed by atoms with van der Waals surface area (Å²) in [5.74, 6) is 0.935. The lowest BCUT2D eigenvalue weighted by Gasteiger charge is -2.13. The molecule has 104 valence electrons. The first-order chi connectivity index (χ1) is 9.06. The van der Waals surface area contributed by atoms with Crippen molar-refractivity contribution in [1.29, 1.82) is 0 Å². The lowest BCUT2D eigenvalue weighted by molar-refractivity contribution is -0.141. The van der Waals surface area contributed by atoms with Gasteiger partial charge in [-0.25, -0.2) is 4.39 Å². The van der Waals surface area contributed by atoms with Crippen molar-refractivity contribution >= 4 is 29.3 Å². The van der Waals surface area contributed by atoms with Gasteiger partial charge in [0.15, 0.2) is 0 Å². The molecule has 0 atom stereocenters. The lowest BCUT2D eigenvalue weighted by Crippen LogP contribution is -2.13. The van der Waals surface area contributed by atoms with Gasteiger partial charge in [0.1, 0.15) is 5.82 Å². The third-order valence-corrected chi connectivity index (χ3v) is 5.03. The molecular weight excluding hydrogens is 287 g/mol. The summed E-state index contributed by atoms with van der Waals surface area (Å²) < 4.78 is 18.4. The molecule has 0 aromatic heterocycles. The number of methoxy groups -OCH3 is 1. The zero-order chi connectivity index (χ0) is 13.9. The Balaban J connectivity index is 1.84. The number of carbonyl (C=O) groups excluding carboxylic acids is 1. The minimum Gasteiger partial charge on any atom is -0.469 e. The molecule has 0 unspecified atom stereocenters. The summed E-state index contributed by atoms with van der Waals surface area (Å²) in [5.41, 5.74) is 0.693. The average Bonchev–Trinajstić information content (AvgIpc) is 3.14. The largest absolute Gasteiger partial charge is 0.469 e. The first-order valence-electron chi connectivity index (χ1n) is 6.14. The Hall–Kier alpha value is -0.740. The Labute approximate surface area is 121 Å². The minimum atomic E-state index is -0.338. The van der Waals surface area contributed by atoms with Gasteiger partial charge in [-0.15, -0.1) is 0 Å². The number of hydrogen-bond donors (Lipinski definition) is 0. The zero-order valence-electron chi connectivity index (χ0n) is 10.7. The SMILES string of the molecule is COC(=O)CC1(CSCc2cccc(Cl)c2F)CC1. The highest BCUT2D eigenvalue weighted by atomic mass is 35.5. The van der Waals surface area contributed by atoms with E-state index in [0.29, 0.717) is 17.7 Å². The van der Waals surface area contributed by atoms with E-state index in [9.17, 15) is 9.18 Å². The molecule has 1 aliphatic rings. The number of benzene rings is 1. The van der Waals surface area contributed by atoms with Gasteiger partial charge >= 0.3 is 5.97 Å². The van der Waals surface area contributed by atoms with Crippen molar-refractivity contribution in [2.24, 2.45) is 5.41 Å². The molecule has 1 fully saturated rings. The lowest BCUT2D eigenvalue weighted by atomic mass is 10.1. The van der Waals surface area contributed by atoms with E-state index in [4.69, 9.17) is 16.3 Å². The van der Waals surface area contributed by atoms with Crippen LogP contribution in [-0.2, 0) is 15.3 Å². The number of halogens is 2. The summed E-state index contributed by atoms with van der Waals surface area (Å²) in [7, 11) is 1.41. The van der Waals surface area contributed by atoms with Crippen LogP contribution in [0.5, 0.6) is 0 Å². The van der Waals surface area contributed by atoms with Crippen molar-refractivity contribution in [2.45, 2.75) is 25.0 Å². The monoisotopic (exact) mass is 302 g/mol. The fraction of sp³-hybridized carbons (Fsp3) is 0.500. The van der Waals surface area contributed by atoms with Crippen molar-refractivity contribution in [2.75, 3.05) is 12.9 Å². The van der Waals surface area contributed by atoms with Crippen molar-refractivity contribution in [3.63, 3.8) is 0 Å². The van der Waals surface area contributed by atoms with E-state index in [0.717, 1.165) is 18.6 Å². The Bertz CT molecular complexity index is 475. The molecule has 0 heterocycles. The molecule has 2 nitrogen and oxygen atoms in total. The van der Waals surface area contributed by atoms with Gasteiger partial charge in [-0.05, 0) is 35.6 Å². The normalized spacial score (nSPS) is 16.2. The maximum absolute atomic E-state index is 13.7. The van der Waals surface area contributed by atoms with Crippen molar-refractivity contribution in [3.05, 3.63) is 34.6 Å². The van der Waals surface area contributed by atoms with Gasteiger partial charge in [0.2, 0.25) is 0 Å². The summed E-state index contributed by atoms with van der Waals surface area (Å²) in [6, 6.07) is 5.04. The summed E-state index contributed by atoms with van der Waals surface area (Å²) >= 11 is 7.38. The molecule has 1 aromatic rings. The van der Waals surface area contributed by atoms with Gasteiger partial charge < -0.3 is 4.74 Å². The van der Waals surface area contributed by atoms with Gasteiger partial charge in [-0.1, -0.05) is 23.7 Å². The molecule has 5 heteroatoms. The Kier molecular flexibility index (Phi) is 4.74. The van der Waals surface area contributed by atoms with Gasteiger partial charge in [-0.2, -0.15) is 11.8 Å². The highest BCUT2D eigenvalue weighted by molar-refractivity contribution is 7.98. The van der Waals surface area contributed by atoms with Gasteiger partial charge in [-0.3, -0.25) is 4.79 Å². The minimum absolute atomic E-state index is 0.0762. The predicted molar refractivity (Wildman–Crippen MR) is 75.9 cm³/mol. The molecule has 0 amide bonds. The fourth-order valence-corrected chi connectivity index (χ4v) is 3.53. The van der Waals surface area contributed by atoms with E-state index >= 15 is 0 Å². The molecule has 2 rings (SSSR count). The van der Waals surface area contributed by atoms with Crippen LogP contribution in [0.3, 0.4) is 0 Å². The molecule has 19 heavy (non-hydrogen) atoms. The number of hydrogen-bond acceptors (Lipinski definition) is 3. The Morgan fingerprint density at radius 1 is 1.53 bits per heavy atom. The highest BCUT2D eigenvalue weighted by Gasteiger charge is 2.44. The summed E-state index contributed by atoms with van der Waals surface area (Å²) in [6.45, 7) is 0.